The van der Waals surface area contributed by atoms with Gasteiger partial charge in [0, 0.05) is 5.69 Å². The maximum absolute atomic E-state index is 13.4. The lowest BCUT2D eigenvalue weighted by molar-refractivity contribution is 0.0595. The summed E-state index contributed by atoms with van der Waals surface area (Å²) in [6.45, 7) is 6.17. The summed E-state index contributed by atoms with van der Waals surface area (Å²) >= 11 is 0. The van der Waals surface area contributed by atoms with E-state index in [9.17, 15) is 21.9 Å². The molecule has 0 atom stereocenters. The topological polar surface area (TPSA) is 98.8 Å². The molecule has 0 heterocycles. The second kappa shape index (κ2) is 6.53. The fourth-order valence-electron chi connectivity index (χ4n) is 1.76. The van der Waals surface area contributed by atoms with Crippen molar-refractivity contribution < 1.29 is 31.4 Å². The molecule has 0 bridgehead atoms. The van der Waals surface area contributed by atoms with Crippen molar-refractivity contribution in [2.45, 2.75) is 38.2 Å². The van der Waals surface area contributed by atoms with Crippen molar-refractivity contribution in [2.75, 3.05) is 12.4 Å². The number of benzene rings is 1. The molecule has 1 aromatic carbocycles. The maximum atomic E-state index is 13.4. The summed E-state index contributed by atoms with van der Waals surface area (Å²) in [5.41, 5.74) is -1.19. The van der Waals surface area contributed by atoms with Crippen LogP contribution in [-0.2, 0) is 19.7 Å². The van der Waals surface area contributed by atoms with Crippen LogP contribution in [0.25, 0.3) is 0 Å². The lowest BCUT2D eigenvalue weighted by Gasteiger charge is -2.20. The van der Waals surface area contributed by atoms with Gasteiger partial charge in [0.05, 0.1) is 12.7 Å². The zero-order chi connectivity index (χ0) is 18.0. The number of esters is 1. The molecule has 0 aliphatic heterocycles. The van der Waals surface area contributed by atoms with E-state index in [2.05, 4.69) is 10.1 Å². The van der Waals surface area contributed by atoms with Gasteiger partial charge in [-0.3, -0.25) is 5.32 Å². The van der Waals surface area contributed by atoms with Crippen LogP contribution in [0.5, 0.6) is 0 Å². The monoisotopic (exact) mass is 347 g/mol. The normalized spacial score (nSPS) is 11.7. The minimum absolute atomic E-state index is 0.110. The van der Waals surface area contributed by atoms with Gasteiger partial charge in [0.25, 0.3) is 0 Å². The van der Waals surface area contributed by atoms with Gasteiger partial charge in [-0.25, -0.2) is 9.59 Å². The van der Waals surface area contributed by atoms with Gasteiger partial charge in [-0.15, -0.1) is 3.89 Å². The molecule has 0 radical (unpaired) electrons. The molecule has 0 saturated heterocycles. The van der Waals surface area contributed by atoms with E-state index < -0.39 is 32.8 Å². The van der Waals surface area contributed by atoms with Crippen molar-refractivity contribution in [1.82, 2.24) is 0 Å². The van der Waals surface area contributed by atoms with E-state index >= 15 is 0 Å². The van der Waals surface area contributed by atoms with E-state index in [-0.39, 0.29) is 16.8 Å². The average molecular weight is 347 g/mol. The fourth-order valence-corrected chi connectivity index (χ4v) is 2.50. The van der Waals surface area contributed by atoms with Crippen molar-refractivity contribution in [1.29, 1.82) is 0 Å². The van der Waals surface area contributed by atoms with Crippen LogP contribution >= 0.6 is 0 Å². The van der Waals surface area contributed by atoms with Crippen molar-refractivity contribution in [3.8, 4) is 0 Å². The lowest BCUT2D eigenvalue weighted by Crippen LogP contribution is -2.27. The molecule has 1 aromatic rings. The molecule has 1 amide bonds. The average Bonchev–Trinajstić information content (AvgIpc) is 2.36. The van der Waals surface area contributed by atoms with Crippen molar-refractivity contribution >= 4 is 28.0 Å². The predicted octanol–water partition coefficient (Wildman–Crippen LogP) is 2.79. The quantitative estimate of drug-likeness (QED) is 0.667. The number of halogens is 1. The molecular weight excluding hydrogens is 329 g/mol. The number of nitrogens with one attached hydrogen (secondary N) is 1. The molecule has 7 nitrogen and oxygen atoms in total. The molecule has 0 fully saturated rings. The third kappa shape index (κ3) is 5.20. The molecule has 128 valence electrons. The Morgan fingerprint density at radius 3 is 2.22 bits per heavy atom. The van der Waals surface area contributed by atoms with Crippen LogP contribution < -0.4 is 5.32 Å². The highest BCUT2D eigenvalue weighted by atomic mass is 32.3. The van der Waals surface area contributed by atoms with E-state index in [1.165, 1.54) is 13.0 Å². The molecule has 0 spiro atoms. The summed E-state index contributed by atoms with van der Waals surface area (Å²) < 4.78 is 45.4. The van der Waals surface area contributed by atoms with Gasteiger partial charge in [0.15, 0.2) is 0 Å². The van der Waals surface area contributed by atoms with Gasteiger partial charge in [0.1, 0.15) is 10.5 Å². The van der Waals surface area contributed by atoms with E-state index in [4.69, 9.17) is 4.74 Å². The number of methoxy groups -OCH3 is 1. The predicted molar refractivity (Wildman–Crippen MR) is 80.7 cm³/mol. The Kier molecular flexibility index (Phi) is 5.36. The van der Waals surface area contributed by atoms with Crippen LogP contribution in [0.2, 0.25) is 0 Å². The van der Waals surface area contributed by atoms with Gasteiger partial charge in [-0.05, 0) is 45.4 Å². The number of rotatable bonds is 3. The number of carbonyl (C=O) groups is 2. The molecule has 0 unspecified atom stereocenters. The zero-order valence-corrected chi connectivity index (χ0v) is 14.2. The Balaban J connectivity index is 3.34. The van der Waals surface area contributed by atoms with Gasteiger partial charge >= 0.3 is 22.3 Å². The highest BCUT2D eigenvalue weighted by Gasteiger charge is 2.24. The minimum atomic E-state index is -5.09. The van der Waals surface area contributed by atoms with Crippen molar-refractivity contribution in [3.05, 3.63) is 23.3 Å². The van der Waals surface area contributed by atoms with E-state index in [0.29, 0.717) is 0 Å². The smallest absolute Gasteiger partial charge is 0.412 e. The second-order valence-corrected chi connectivity index (χ2v) is 7.02. The number of anilines is 1. The molecule has 0 aromatic heterocycles. The third-order valence-corrected chi connectivity index (χ3v) is 3.62. The number of ether oxygens (including phenoxy) is 2. The summed E-state index contributed by atoms with van der Waals surface area (Å²) in [6, 6.07) is 2.08. The van der Waals surface area contributed by atoms with Crippen molar-refractivity contribution in [2.24, 2.45) is 0 Å². The Morgan fingerprint density at radius 2 is 1.78 bits per heavy atom. The largest absolute Gasteiger partial charge is 0.465 e. The Labute approximate surface area is 134 Å². The summed E-state index contributed by atoms with van der Waals surface area (Å²) in [7, 11) is -3.99. The van der Waals surface area contributed by atoms with Gasteiger partial charge in [-0.2, -0.15) is 8.42 Å². The highest BCUT2D eigenvalue weighted by Crippen LogP contribution is 2.27. The van der Waals surface area contributed by atoms with Crippen LogP contribution in [0.4, 0.5) is 14.4 Å². The first-order valence-corrected chi connectivity index (χ1v) is 7.91. The van der Waals surface area contributed by atoms with Crippen LogP contribution in [0.3, 0.4) is 0 Å². The van der Waals surface area contributed by atoms with Crippen LogP contribution in [0, 0.1) is 6.92 Å². The van der Waals surface area contributed by atoms with E-state index in [0.717, 1.165) is 13.2 Å². The second-order valence-electron chi connectivity index (χ2n) is 5.70. The standard InChI is InChI=1S/C14H18FNO6S/c1-8-10(12(17)21-5)6-9(7-11(8)23(15,19)20)16-13(18)22-14(2,3)4/h6-7H,1-5H3,(H,16,18). The first-order chi connectivity index (χ1) is 10.3. The number of hydrogen-bond acceptors (Lipinski definition) is 6. The van der Waals surface area contributed by atoms with Gasteiger partial charge < -0.3 is 9.47 Å². The SMILES string of the molecule is COC(=O)c1cc(NC(=O)OC(C)(C)C)cc(S(=O)(=O)F)c1C. The molecule has 0 saturated carbocycles. The molecule has 0 aliphatic carbocycles. The fraction of sp³-hybridized carbons (Fsp3) is 0.429. The highest BCUT2D eigenvalue weighted by molar-refractivity contribution is 7.86. The van der Waals surface area contributed by atoms with Crippen LogP contribution in [0.15, 0.2) is 17.0 Å². The molecular formula is C14H18FNO6S. The van der Waals surface area contributed by atoms with E-state index in [1.54, 1.807) is 20.8 Å². The van der Waals surface area contributed by atoms with Gasteiger partial charge in [-0.1, -0.05) is 0 Å². The Hall–Kier alpha value is -2.16. The minimum Gasteiger partial charge on any atom is -0.465 e. The zero-order valence-electron chi connectivity index (χ0n) is 13.4. The Bertz CT molecular complexity index is 736. The summed E-state index contributed by atoms with van der Waals surface area (Å²) in [5.74, 6) is -0.861. The summed E-state index contributed by atoms with van der Waals surface area (Å²) in [6.07, 6.45) is -0.876. The third-order valence-electron chi connectivity index (χ3n) is 2.67. The summed E-state index contributed by atoms with van der Waals surface area (Å²) in [4.78, 5) is 22.7. The van der Waals surface area contributed by atoms with Gasteiger partial charge in [0.2, 0.25) is 0 Å². The number of amides is 1. The Morgan fingerprint density at radius 1 is 1.22 bits per heavy atom. The maximum Gasteiger partial charge on any atom is 0.412 e. The molecule has 9 heteroatoms. The summed E-state index contributed by atoms with van der Waals surface area (Å²) in [5, 5.41) is 2.26. The van der Waals surface area contributed by atoms with Crippen molar-refractivity contribution in [3.63, 3.8) is 0 Å². The molecule has 0 aliphatic rings. The molecule has 1 rings (SSSR count). The number of carbonyl (C=O) groups excluding carboxylic acids is 2. The first-order valence-electron chi connectivity index (χ1n) is 6.53. The van der Waals surface area contributed by atoms with Crippen LogP contribution in [0.1, 0.15) is 36.7 Å². The van der Waals surface area contributed by atoms with Crippen LogP contribution in [-0.4, -0.2) is 33.2 Å². The van der Waals surface area contributed by atoms with E-state index in [1.807, 2.05) is 0 Å². The molecule has 23 heavy (non-hydrogen) atoms. The first kappa shape index (κ1) is 18.9. The number of hydrogen-bond donors (Lipinski definition) is 1. The molecule has 1 N–H and O–H groups in total. The lowest BCUT2D eigenvalue weighted by atomic mass is 10.1.